The van der Waals surface area contributed by atoms with Crippen LogP contribution >= 0.6 is 0 Å². The minimum absolute atomic E-state index is 0.229. The van der Waals surface area contributed by atoms with Crippen molar-refractivity contribution in [2.75, 3.05) is 0 Å². The third-order valence-corrected chi connectivity index (χ3v) is 1.43. The monoisotopic (exact) mass is 236 g/mol. The topological polar surface area (TPSA) is 134 Å². The van der Waals surface area contributed by atoms with E-state index in [0.29, 0.717) is 17.4 Å². The zero-order valence-corrected chi connectivity index (χ0v) is 9.20. The molecule has 1 amide bonds. The van der Waals surface area contributed by atoms with Gasteiger partial charge in [0.1, 0.15) is 5.69 Å². The predicted molar refractivity (Wildman–Crippen MR) is 58.1 cm³/mol. The molecule has 8 nitrogen and oxygen atoms in total. The number of nitrogens with two attached hydrogens (primary N) is 2. The minimum Gasteiger partial charge on any atom is -0.370 e. The number of hydrogen-bond donors (Lipinski definition) is 2. The number of aromatic nitrogens is 4. The number of rotatable bonds is 2. The van der Waals surface area contributed by atoms with Crippen LogP contribution in [0, 0.1) is 0 Å². The molecule has 0 aliphatic rings. The van der Waals surface area contributed by atoms with E-state index >= 15 is 0 Å². The highest BCUT2D eigenvalue weighted by molar-refractivity contribution is 5.70. The SMILES string of the molecule is CC(N)=O.NCc1nc(-c2cnccn2)no1. The van der Waals surface area contributed by atoms with Gasteiger partial charge in [-0.2, -0.15) is 4.98 Å². The third kappa shape index (κ3) is 4.34. The molecule has 0 aromatic carbocycles. The first kappa shape index (κ1) is 12.7. The van der Waals surface area contributed by atoms with Crippen molar-refractivity contribution in [2.24, 2.45) is 11.5 Å². The lowest BCUT2D eigenvalue weighted by Crippen LogP contribution is -2.01. The van der Waals surface area contributed by atoms with Gasteiger partial charge in [-0.3, -0.25) is 9.78 Å². The summed E-state index contributed by atoms with van der Waals surface area (Å²) in [6.45, 7) is 1.53. The Morgan fingerprint density at radius 3 is 2.65 bits per heavy atom. The zero-order chi connectivity index (χ0) is 12.7. The Morgan fingerprint density at radius 2 is 2.18 bits per heavy atom. The number of amides is 1. The maximum absolute atomic E-state index is 9.22. The molecule has 2 aromatic rings. The average Bonchev–Trinajstić information content (AvgIpc) is 2.78. The summed E-state index contributed by atoms with van der Waals surface area (Å²) in [5.74, 6) is 0.467. The van der Waals surface area contributed by atoms with Gasteiger partial charge in [0.2, 0.25) is 17.6 Å². The molecule has 17 heavy (non-hydrogen) atoms. The van der Waals surface area contributed by atoms with Crippen LogP contribution in [0.3, 0.4) is 0 Å². The quantitative estimate of drug-likeness (QED) is 0.716. The maximum atomic E-state index is 9.22. The van der Waals surface area contributed by atoms with E-state index in [-0.39, 0.29) is 12.5 Å². The Morgan fingerprint density at radius 1 is 1.47 bits per heavy atom. The summed E-state index contributed by atoms with van der Waals surface area (Å²) < 4.78 is 4.81. The van der Waals surface area contributed by atoms with Crippen LogP contribution in [0.4, 0.5) is 0 Å². The summed E-state index contributed by atoms with van der Waals surface area (Å²) in [6.07, 6.45) is 4.70. The Hall–Kier alpha value is -2.35. The lowest BCUT2D eigenvalue weighted by molar-refractivity contribution is -0.115. The van der Waals surface area contributed by atoms with Crippen molar-refractivity contribution in [3.05, 3.63) is 24.5 Å². The molecule has 4 N–H and O–H groups in total. The van der Waals surface area contributed by atoms with E-state index in [1.807, 2.05) is 0 Å². The first-order valence-electron chi connectivity index (χ1n) is 4.68. The van der Waals surface area contributed by atoms with Crippen molar-refractivity contribution >= 4 is 5.91 Å². The highest BCUT2D eigenvalue weighted by Crippen LogP contribution is 2.09. The molecule has 2 rings (SSSR count). The fourth-order valence-corrected chi connectivity index (χ4v) is 0.856. The predicted octanol–water partition coefficient (Wildman–Crippen LogP) is -0.523. The van der Waals surface area contributed by atoms with Gasteiger partial charge in [0, 0.05) is 19.3 Å². The second-order valence-corrected chi connectivity index (χ2v) is 2.92. The van der Waals surface area contributed by atoms with Gasteiger partial charge in [-0.1, -0.05) is 5.16 Å². The van der Waals surface area contributed by atoms with Crippen LogP contribution in [0.5, 0.6) is 0 Å². The van der Waals surface area contributed by atoms with Crippen LogP contribution in [-0.2, 0) is 11.3 Å². The minimum atomic E-state index is -0.333. The second-order valence-electron chi connectivity index (χ2n) is 2.92. The summed E-state index contributed by atoms with van der Waals surface area (Å²) in [6, 6.07) is 0. The molecule has 8 heteroatoms. The summed E-state index contributed by atoms with van der Waals surface area (Å²) >= 11 is 0. The fourth-order valence-electron chi connectivity index (χ4n) is 0.856. The van der Waals surface area contributed by atoms with E-state index < -0.39 is 0 Å². The smallest absolute Gasteiger partial charge is 0.240 e. The molecule has 90 valence electrons. The van der Waals surface area contributed by atoms with Gasteiger partial charge in [-0.15, -0.1) is 0 Å². The number of hydrogen-bond acceptors (Lipinski definition) is 7. The average molecular weight is 236 g/mol. The summed E-state index contributed by atoms with van der Waals surface area (Å²) in [4.78, 5) is 21.1. The maximum Gasteiger partial charge on any atom is 0.240 e. The fraction of sp³-hybridized carbons (Fsp3) is 0.222. The molecule has 0 saturated heterocycles. The first-order chi connectivity index (χ1) is 8.13. The molecule has 0 bridgehead atoms. The van der Waals surface area contributed by atoms with Crippen molar-refractivity contribution in [1.29, 1.82) is 0 Å². The van der Waals surface area contributed by atoms with Gasteiger partial charge in [-0.05, 0) is 0 Å². The van der Waals surface area contributed by atoms with Gasteiger partial charge in [0.15, 0.2) is 0 Å². The number of primary amides is 1. The van der Waals surface area contributed by atoms with Crippen LogP contribution in [0.15, 0.2) is 23.1 Å². The van der Waals surface area contributed by atoms with Crippen molar-refractivity contribution in [3.63, 3.8) is 0 Å². The molecule has 0 aliphatic heterocycles. The lowest BCUT2D eigenvalue weighted by Gasteiger charge is -1.88. The van der Waals surface area contributed by atoms with Gasteiger partial charge >= 0.3 is 0 Å². The van der Waals surface area contributed by atoms with E-state index in [0.717, 1.165) is 0 Å². The largest absolute Gasteiger partial charge is 0.370 e. The Kier molecular flexibility index (Phi) is 4.70. The van der Waals surface area contributed by atoms with E-state index in [1.54, 1.807) is 18.6 Å². The Balaban J connectivity index is 0.000000317. The molecular formula is C9H12N6O2. The van der Waals surface area contributed by atoms with Crippen LogP contribution in [0.1, 0.15) is 12.8 Å². The summed E-state index contributed by atoms with van der Waals surface area (Å²) in [5.41, 5.74) is 10.4. The highest BCUT2D eigenvalue weighted by Gasteiger charge is 2.07. The van der Waals surface area contributed by atoms with Crippen LogP contribution in [0.2, 0.25) is 0 Å². The highest BCUT2D eigenvalue weighted by atomic mass is 16.5. The molecule has 2 aromatic heterocycles. The van der Waals surface area contributed by atoms with E-state index in [4.69, 9.17) is 10.3 Å². The molecule has 2 heterocycles. The molecule has 0 radical (unpaired) electrons. The zero-order valence-electron chi connectivity index (χ0n) is 9.20. The Bertz CT molecular complexity index is 465. The van der Waals surface area contributed by atoms with Crippen LogP contribution < -0.4 is 11.5 Å². The van der Waals surface area contributed by atoms with Crippen molar-refractivity contribution < 1.29 is 9.32 Å². The number of nitrogens with zero attached hydrogens (tertiary/aromatic N) is 4. The standard InChI is InChI=1S/C7H7N5O.C2H5NO/c8-3-6-11-7(12-13-6)5-4-9-1-2-10-5;1-2(3)4/h1-2,4H,3,8H2;1H3,(H2,3,4). The van der Waals surface area contributed by atoms with Gasteiger partial charge < -0.3 is 16.0 Å². The molecular weight excluding hydrogens is 224 g/mol. The third-order valence-electron chi connectivity index (χ3n) is 1.43. The van der Waals surface area contributed by atoms with E-state index in [9.17, 15) is 4.79 Å². The van der Waals surface area contributed by atoms with E-state index in [1.165, 1.54) is 6.92 Å². The first-order valence-corrected chi connectivity index (χ1v) is 4.68. The van der Waals surface area contributed by atoms with Gasteiger partial charge in [0.25, 0.3) is 0 Å². The second kappa shape index (κ2) is 6.28. The summed E-state index contributed by atoms with van der Waals surface area (Å²) in [5, 5.41) is 3.69. The molecule has 0 atom stereocenters. The van der Waals surface area contributed by atoms with Crippen molar-refractivity contribution in [3.8, 4) is 11.5 Å². The molecule has 0 unspecified atom stereocenters. The Labute approximate surface area is 97.1 Å². The molecule has 0 aliphatic carbocycles. The van der Waals surface area contributed by atoms with Crippen LogP contribution in [0.25, 0.3) is 11.5 Å². The molecule has 0 saturated carbocycles. The van der Waals surface area contributed by atoms with Gasteiger partial charge in [-0.25, -0.2) is 4.98 Å². The van der Waals surface area contributed by atoms with Crippen LogP contribution in [-0.4, -0.2) is 26.0 Å². The normalized spacial score (nSPS) is 9.29. The van der Waals surface area contributed by atoms with Crippen molar-refractivity contribution in [2.45, 2.75) is 13.5 Å². The lowest BCUT2D eigenvalue weighted by atomic mass is 10.4. The number of carbonyl (C=O) groups is 1. The van der Waals surface area contributed by atoms with Gasteiger partial charge in [0.05, 0.1) is 12.7 Å². The molecule has 0 fully saturated rings. The number of carbonyl (C=O) groups excluding carboxylic acids is 1. The summed E-state index contributed by atoms with van der Waals surface area (Å²) in [7, 11) is 0. The molecule has 0 spiro atoms. The van der Waals surface area contributed by atoms with Crippen molar-refractivity contribution in [1.82, 2.24) is 20.1 Å². The van der Waals surface area contributed by atoms with E-state index in [2.05, 4.69) is 25.8 Å².